The van der Waals surface area contributed by atoms with Crippen molar-refractivity contribution < 1.29 is 18.3 Å². The number of hydrogen-bond acceptors (Lipinski definition) is 2. The van der Waals surface area contributed by atoms with Crippen molar-refractivity contribution in [3.63, 3.8) is 0 Å². The van der Waals surface area contributed by atoms with Gasteiger partial charge >= 0.3 is 6.18 Å². The molecular weight excluding hydrogens is 278 g/mol. The van der Waals surface area contributed by atoms with Crippen molar-refractivity contribution in [2.45, 2.75) is 25.1 Å². The first-order valence-corrected chi connectivity index (χ1v) is 5.46. The highest BCUT2D eigenvalue weighted by Crippen LogP contribution is 2.36. The smallest absolute Gasteiger partial charge is 0.389 e. The van der Waals surface area contributed by atoms with Crippen LogP contribution in [0.2, 0.25) is 10.0 Å². The Labute approximate surface area is 106 Å². The molecule has 0 heterocycles. The van der Waals surface area contributed by atoms with Crippen LogP contribution in [0, 0.1) is 0 Å². The fourth-order valence-electron chi connectivity index (χ4n) is 1.40. The molecule has 1 aromatic rings. The lowest BCUT2D eigenvalue weighted by atomic mass is 10.0. The zero-order valence-electron chi connectivity index (χ0n) is 8.56. The Kier molecular flexibility index (Phi) is 4.52. The van der Waals surface area contributed by atoms with Crippen LogP contribution < -0.4 is 5.73 Å². The van der Waals surface area contributed by atoms with Crippen LogP contribution in [0.4, 0.5) is 13.2 Å². The number of benzene rings is 1. The minimum Gasteiger partial charge on any atom is -0.508 e. The van der Waals surface area contributed by atoms with E-state index in [2.05, 4.69) is 0 Å². The number of rotatable bonds is 3. The first-order valence-electron chi connectivity index (χ1n) is 4.71. The standard InChI is InChI=1S/C10H10Cl2F3NO/c11-5-3-6(12)9(8(17)4-5)7(16)1-2-10(13,14)15/h3-4,7,17H,1-2,16H2/t7-/m0/s1. The second-order valence-electron chi connectivity index (χ2n) is 3.58. The molecule has 0 bridgehead atoms. The van der Waals surface area contributed by atoms with Gasteiger partial charge in [-0.15, -0.1) is 0 Å². The van der Waals surface area contributed by atoms with Crippen LogP contribution in [0.1, 0.15) is 24.4 Å². The third kappa shape index (κ3) is 4.26. The summed E-state index contributed by atoms with van der Waals surface area (Å²) >= 11 is 11.4. The maximum Gasteiger partial charge on any atom is 0.389 e. The molecular formula is C10H10Cl2F3NO. The summed E-state index contributed by atoms with van der Waals surface area (Å²) in [4.78, 5) is 0. The summed E-state index contributed by atoms with van der Waals surface area (Å²) in [6.45, 7) is 0. The Morgan fingerprint density at radius 1 is 1.29 bits per heavy atom. The minimum absolute atomic E-state index is 0.0599. The molecule has 3 N–H and O–H groups in total. The van der Waals surface area contributed by atoms with Gasteiger partial charge < -0.3 is 10.8 Å². The second kappa shape index (κ2) is 5.33. The van der Waals surface area contributed by atoms with E-state index in [-0.39, 0.29) is 27.8 Å². The molecule has 0 aliphatic rings. The van der Waals surface area contributed by atoms with Gasteiger partial charge in [-0.1, -0.05) is 23.2 Å². The van der Waals surface area contributed by atoms with Gasteiger partial charge in [-0.3, -0.25) is 0 Å². The molecule has 17 heavy (non-hydrogen) atoms. The molecule has 96 valence electrons. The average Bonchev–Trinajstić information content (AvgIpc) is 2.11. The predicted octanol–water partition coefficient (Wildman–Crippen LogP) is 4.04. The molecule has 2 nitrogen and oxygen atoms in total. The molecule has 0 aliphatic carbocycles. The molecule has 0 aliphatic heterocycles. The van der Waals surface area contributed by atoms with Crippen LogP contribution in [0.25, 0.3) is 0 Å². The zero-order chi connectivity index (χ0) is 13.2. The Hall–Kier alpha value is -0.650. The molecule has 0 spiro atoms. The third-order valence-electron chi connectivity index (χ3n) is 2.18. The first kappa shape index (κ1) is 14.4. The number of nitrogens with two attached hydrogens (primary N) is 1. The van der Waals surface area contributed by atoms with Gasteiger partial charge in [0.2, 0.25) is 0 Å². The normalized spacial score (nSPS) is 13.8. The monoisotopic (exact) mass is 287 g/mol. The largest absolute Gasteiger partial charge is 0.508 e. The highest BCUT2D eigenvalue weighted by molar-refractivity contribution is 6.35. The average molecular weight is 288 g/mol. The summed E-state index contributed by atoms with van der Waals surface area (Å²) in [6, 6.07) is 1.53. The lowest BCUT2D eigenvalue weighted by molar-refractivity contribution is -0.136. The van der Waals surface area contributed by atoms with Crippen molar-refractivity contribution in [1.82, 2.24) is 0 Å². The molecule has 7 heteroatoms. The summed E-state index contributed by atoms with van der Waals surface area (Å²) in [6.07, 6.45) is -5.67. The Bertz CT molecular complexity index is 386. The highest BCUT2D eigenvalue weighted by atomic mass is 35.5. The van der Waals surface area contributed by atoms with Crippen LogP contribution in [-0.2, 0) is 0 Å². The lowest BCUT2D eigenvalue weighted by Gasteiger charge is -2.16. The van der Waals surface area contributed by atoms with Crippen LogP contribution in [0.5, 0.6) is 5.75 Å². The number of phenolic OH excluding ortho intramolecular Hbond substituents is 1. The van der Waals surface area contributed by atoms with E-state index in [0.717, 1.165) is 0 Å². The number of aromatic hydroxyl groups is 1. The van der Waals surface area contributed by atoms with E-state index in [1.165, 1.54) is 12.1 Å². The van der Waals surface area contributed by atoms with Gasteiger partial charge in [-0.25, -0.2) is 0 Å². The third-order valence-corrected chi connectivity index (χ3v) is 2.71. The van der Waals surface area contributed by atoms with E-state index in [1.807, 2.05) is 0 Å². The Morgan fingerprint density at radius 3 is 2.35 bits per heavy atom. The molecule has 0 fully saturated rings. The number of hydrogen-bond donors (Lipinski definition) is 2. The minimum atomic E-state index is -4.29. The fourth-order valence-corrected chi connectivity index (χ4v) is 2.02. The number of phenols is 1. The molecule has 0 amide bonds. The van der Waals surface area contributed by atoms with Crippen LogP contribution >= 0.6 is 23.2 Å². The van der Waals surface area contributed by atoms with E-state index < -0.39 is 18.6 Å². The summed E-state index contributed by atoms with van der Waals surface area (Å²) < 4.78 is 36.1. The second-order valence-corrected chi connectivity index (χ2v) is 4.42. The van der Waals surface area contributed by atoms with Gasteiger partial charge in [0.25, 0.3) is 0 Å². The number of halogens is 5. The van der Waals surface area contributed by atoms with Crippen LogP contribution in [0.3, 0.4) is 0 Å². The zero-order valence-corrected chi connectivity index (χ0v) is 10.1. The maximum atomic E-state index is 12.0. The van der Waals surface area contributed by atoms with E-state index >= 15 is 0 Å². The van der Waals surface area contributed by atoms with Crippen LogP contribution in [0.15, 0.2) is 12.1 Å². The lowest BCUT2D eigenvalue weighted by Crippen LogP contribution is -2.16. The predicted molar refractivity (Wildman–Crippen MR) is 60.3 cm³/mol. The van der Waals surface area contributed by atoms with Crippen molar-refractivity contribution in [3.8, 4) is 5.75 Å². The van der Waals surface area contributed by atoms with Gasteiger partial charge in [0.15, 0.2) is 0 Å². The van der Waals surface area contributed by atoms with E-state index in [9.17, 15) is 18.3 Å². The summed E-state index contributed by atoms with van der Waals surface area (Å²) in [5, 5.41) is 9.80. The molecule has 1 aromatic carbocycles. The molecule has 0 saturated carbocycles. The van der Waals surface area contributed by atoms with Crippen molar-refractivity contribution in [2.24, 2.45) is 5.73 Å². The van der Waals surface area contributed by atoms with E-state index in [1.54, 1.807) is 0 Å². The van der Waals surface area contributed by atoms with Gasteiger partial charge in [0.05, 0.1) is 5.02 Å². The summed E-state index contributed by atoms with van der Waals surface area (Å²) in [5.74, 6) is -0.294. The van der Waals surface area contributed by atoms with Gasteiger partial charge in [0.1, 0.15) is 5.75 Å². The molecule has 0 saturated heterocycles. The van der Waals surface area contributed by atoms with Gasteiger partial charge in [0, 0.05) is 23.0 Å². The summed E-state index contributed by atoms with van der Waals surface area (Å²) in [7, 11) is 0. The quantitative estimate of drug-likeness (QED) is 0.881. The van der Waals surface area contributed by atoms with Crippen molar-refractivity contribution in [1.29, 1.82) is 0 Å². The fraction of sp³-hybridized carbons (Fsp3) is 0.400. The molecule has 0 radical (unpaired) electrons. The van der Waals surface area contributed by atoms with E-state index in [0.29, 0.717) is 0 Å². The number of alkyl halides is 3. The molecule has 0 aromatic heterocycles. The topological polar surface area (TPSA) is 46.2 Å². The van der Waals surface area contributed by atoms with Crippen molar-refractivity contribution >= 4 is 23.2 Å². The summed E-state index contributed by atoms with van der Waals surface area (Å²) in [5.41, 5.74) is 5.65. The molecule has 1 rings (SSSR count). The van der Waals surface area contributed by atoms with E-state index in [4.69, 9.17) is 28.9 Å². The van der Waals surface area contributed by atoms with Crippen molar-refractivity contribution in [2.75, 3.05) is 0 Å². The van der Waals surface area contributed by atoms with Crippen LogP contribution in [-0.4, -0.2) is 11.3 Å². The van der Waals surface area contributed by atoms with Crippen molar-refractivity contribution in [3.05, 3.63) is 27.7 Å². The Morgan fingerprint density at radius 2 is 1.88 bits per heavy atom. The molecule has 1 atom stereocenters. The Balaban J connectivity index is 2.86. The maximum absolute atomic E-state index is 12.0. The van der Waals surface area contributed by atoms with Gasteiger partial charge in [-0.2, -0.15) is 13.2 Å². The molecule has 0 unspecified atom stereocenters. The highest BCUT2D eigenvalue weighted by Gasteiger charge is 2.29. The first-order chi connectivity index (χ1) is 7.70. The SMILES string of the molecule is N[C@@H](CCC(F)(F)F)c1c(O)cc(Cl)cc1Cl. The van der Waals surface area contributed by atoms with Gasteiger partial charge in [-0.05, 0) is 18.6 Å².